The van der Waals surface area contributed by atoms with Gasteiger partial charge >= 0.3 is 0 Å². The Labute approximate surface area is 122 Å². The van der Waals surface area contributed by atoms with Crippen molar-refractivity contribution in [2.45, 2.75) is 58.7 Å². The van der Waals surface area contributed by atoms with E-state index in [9.17, 15) is 0 Å². The van der Waals surface area contributed by atoms with E-state index in [0.717, 1.165) is 18.1 Å². The Hall–Kier alpha value is -0.730. The van der Waals surface area contributed by atoms with Crippen LogP contribution in [0.3, 0.4) is 0 Å². The number of benzene rings is 1. The molecule has 0 spiro atoms. The largest absolute Gasteiger partial charge is 0.369 e. The molecule has 1 saturated heterocycles. The fraction of sp³-hybridized carbons (Fsp3) is 0.625. The predicted molar refractivity (Wildman–Crippen MR) is 84.1 cm³/mol. The Morgan fingerprint density at radius 1 is 1.37 bits per heavy atom. The first-order valence-electron chi connectivity index (χ1n) is 7.17. The fourth-order valence-electron chi connectivity index (χ4n) is 2.54. The number of hydrogen-bond donors (Lipinski definition) is 1. The third-order valence-corrected chi connectivity index (χ3v) is 4.08. The van der Waals surface area contributed by atoms with Gasteiger partial charge in [0.25, 0.3) is 0 Å². The molecular formula is C16H25ClN2. The van der Waals surface area contributed by atoms with Crippen molar-refractivity contribution in [2.24, 2.45) is 0 Å². The van der Waals surface area contributed by atoms with Gasteiger partial charge in [0, 0.05) is 35.4 Å². The van der Waals surface area contributed by atoms with Crippen LogP contribution in [0.4, 0.5) is 5.69 Å². The summed E-state index contributed by atoms with van der Waals surface area (Å²) in [6.45, 7) is 10.8. The normalized spacial score (nSPS) is 20.1. The van der Waals surface area contributed by atoms with Gasteiger partial charge in [-0.2, -0.15) is 0 Å². The van der Waals surface area contributed by atoms with Crippen LogP contribution in [-0.4, -0.2) is 18.1 Å². The summed E-state index contributed by atoms with van der Waals surface area (Å²) in [6, 6.07) is 7.10. The molecule has 1 unspecified atom stereocenters. The molecular weight excluding hydrogens is 256 g/mol. The van der Waals surface area contributed by atoms with Crippen LogP contribution in [0.1, 0.15) is 46.1 Å². The zero-order valence-corrected chi connectivity index (χ0v) is 13.2. The van der Waals surface area contributed by atoms with Gasteiger partial charge in [0.2, 0.25) is 0 Å². The van der Waals surface area contributed by atoms with E-state index in [1.807, 2.05) is 0 Å². The van der Waals surface area contributed by atoms with Crippen molar-refractivity contribution in [2.75, 3.05) is 11.4 Å². The molecule has 3 heteroatoms. The van der Waals surface area contributed by atoms with E-state index in [1.54, 1.807) is 0 Å². The maximum absolute atomic E-state index is 6.42. The molecule has 0 aromatic heterocycles. The van der Waals surface area contributed by atoms with E-state index in [2.05, 4.69) is 56.1 Å². The highest BCUT2D eigenvalue weighted by Crippen LogP contribution is 2.29. The molecule has 1 heterocycles. The minimum absolute atomic E-state index is 0.117. The van der Waals surface area contributed by atoms with Gasteiger partial charge in [0.1, 0.15) is 0 Å². The van der Waals surface area contributed by atoms with Gasteiger partial charge in [0.15, 0.2) is 0 Å². The summed E-state index contributed by atoms with van der Waals surface area (Å²) in [4.78, 5) is 2.45. The molecule has 1 fully saturated rings. The molecule has 1 atom stereocenters. The quantitative estimate of drug-likeness (QED) is 0.892. The molecule has 0 amide bonds. The number of nitrogens with one attached hydrogen (secondary N) is 1. The minimum Gasteiger partial charge on any atom is -0.369 e. The van der Waals surface area contributed by atoms with E-state index in [1.165, 1.54) is 24.1 Å². The average Bonchev–Trinajstić information content (AvgIpc) is 2.72. The standard InChI is InChI=1S/C16H25ClN2/c1-12-6-5-9-19(12)14-8-7-13(15(17)10-14)11-18-16(2,3)4/h7-8,10,12,18H,5-6,9,11H2,1-4H3. The number of nitrogens with zero attached hydrogens (tertiary/aromatic N) is 1. The topological polar surface area (TPSA) is 15.3 Å². The Morgan fingerprint density at radius 2 is 2.11 bits per heavy atom. The maximum Gasteiger partial charge on any atom is 0.0471 e. The Kier molecular flexibility index (Phi) is 4.42. The first-order valence-corrected chi connectivity index (χ1v) is 7.55. The van der Waals surface area contributed by atoms with E-state index >= 15 is 0 Å². The summed E-state index contributed by atoms with van der Waals surface area (Å²) in [5.74, 6) is 0. The van der Waals surface area contributed by atoms with Crippen molar-refractivity contribution in [1.82, 2.24) is 5.32 Å². The molecule has 1 aliphatic heterocycles. The lowest BCUT2D eigenvalue weighted by Crippen LogP contribution is -2.35. The smallest absolute Gasteiger partial charge is 0.0471 e. The summed E-state index contributed by atoms with van der Waals surface area (Å²) in [5, 5.41) is 4.35. The summed E-state index contributed by atoms with van der Waals surface area (Å²) >= 11 is 6.42. The number of rotatable bonds is 3. The molecule has 2 rings (SSSR count). The predicted octanol–water partition coefficient (Wildman–Crippen LogP) is 4.22. The van der Waals surface area contributed by atoms with Gasteiger partial charge in [-0.05, 0) is 58.2 Å². The molecule has 1 aromatic carbocycles. The molecule has 0 aliphatic carbocycles. The van der Waals surface area contributed by atoms with Crippen molar-refractivity contribution >= 4 is 17.3 Å². The fourth-order valence-corrected chi connectivity index (χ4v) is 2.78. The molecule has 1 N–H and O–H groups in total. The van der Waals surface area contributed by atoms with E-state index in [4.69, 9.17) is 11.6 Å². The van der Waals surface area contributed by atoms with Crippen LogP contribution in [0.25, 0.3) is 0 Å². The van der Waals surface area contributed by atoms with Crippen LogP contribution >= 0.6 is 11.6 Å². The van der Waals surface area contributed by atoms with Gasteiger partial charge in [-0.3, -0.25) is 0 Å². The second-order valence-electron chi connectivity index (χ2n) is 6.56. The molecule has 0 saturated carbocycles. The molecule has 1 aliphatic rings. The second kappa shape index (κ2) is 5.72. The lowest BCUT2D eigenvalue weighted by Gasteiger charge is -2.25. The van der Waals surface area contributed by atoms with E-state index in [-0.39, 0.29) is 5.54 Å². The van der Waals surface area contributed by atoms with Crippen LogP contribution in [0, 0.1) is 0 Å². The maximum atomic E-state index is 6.42. The highest BCUT2D eigenvalue weighted by molar-refractivity contribution is 6.31. The SMILES string of the molecule is CC1CCCN1c1ccc(CNC(C)(C)C)c(Cl)c1. The number of anilines is 1. The monoisotopic (exact) mass is 280 g/mol. The number of hydrogen-bond acceptors (Lipinski definition) is 2. The van der Waals surface area contributed by atoms with Crippen molar-refractivity contribution in [3.8, 4) is 0 Å². The summed E-state index contributed by atoms with van der Waals surface area (Å²) in [6.07, 6.45) is 2.57. The van der Waals surface area contributed by atoms with Crippen molar-refractivity contribution < 1.29 is 0 Å². The zero-order valence-electron chi connectivity index (χ0n) is 12.5. The van der Waals surface area contributed by atoms with Gasteiger partial charge in [-0.15, -0.1) is 0 Å². The lowest BCUT2D eigenvalue weighted by molar-refractivity contribution is 0.424. The summed E-state index contributed by atoms with van der Waals surface area (Å²) in [7, 11) is 0. The second-order valence-corrected chi connectivity index (χ2v) is 6.97. The summed E-state index contributed by atoms with van der Waals surface area (Å²) < 4.78 is 0. The van der Waals surface area contributed by atoms with Crippen LogP contribution in [0.5, 0.6) is 0 Å². The van der Waals surface area contributed by atoms with Crippen LogP contribution < -0.4 is 10.2 Å². The highest BCUT2D eigenvalue weighted by Gasteiger charge is 2.21. The Balaban J connectivity index is 2.09. The van der Waals surface area contributed by atoms with Crippen molar-refractivity contribution in [3.05, 3.63) is 28.8 Å². The summed E-state index contributed by atoms with van der Waals surface area (Å²) in [5.41, 5.74) is 2.55. The van der Waals surface area contributed by atoms with E-state index in [0.29, 0.717) is 6.04 Å². The van der Waals surface area contributed by atoms with Gasteiger partial charge in [-0.25, -0.2) is 0 Å². The van der Waals surface area contributed by atoms with Crippen LogP contribution in [0.2, 0.25) is 5.02 Å². The van der Waals surface area contributed by atoms with Gasteiger partial charge in [0.05, 0.1) is 0 Å². The third kappa shape index (κ3) is 3.87. The Morgan fingerprint density at radius 3 is 2.63 bits per heavy atom. The van der Waals surface area contributed by atoms with Crippen molar-refractivity contribution in [1.29, 1.82) is 0 Å². The van der Waals surface area contributed by atoms with Crippen LogP contribution in [0.15, 0.2) is 18.2 Å². The molecule has 0 radical (unpaired) electrons. The Bertz CT molecular complexity index is 437. The molecule has 1 aromatic rings. The lowest BCUT2D eigenvalue weighted by atomic mass is 10.1. The molecule has 19 heavy (non-hydrogen) atoms. The first kappa shape index (κ1) is 14.7. The average molecular weight is 281 g/mol. The van der Waals surface area contributed by atoms with Gasteiger partial charge < -0.3 is 10.2 Å². The molecule has 2 nitrogen and oxygen atoms in total. The highest BCUT2D eigenvalue weighted by atomic mass is 35.5. The van der Waals surface area contributed by atoms with Crippen LogP contribution in [-0.2, 0) is 6.54 Å². The van der Waals surface area contributed by atoms with Gasteiger partial charge in [-0.1, -0.05) is 17.7 Å². The minimum atomic E-state index is 0.117. The first-order chi connectivity index (χ1) is 8.87. The third-order valence-electron chi connectivity index (χ3n) is 3.73. The van der Waals surface area contributed by atoms with E-state index < -0.39 is 0 Å². The number of halogens is 1. The molecule has 0 bridgehead atoms. The molecule has 106 valence electrons. The van der Waals surface area contributed by atoms with Crippen molar-refractivity contribution in [3.63, 3.8) is 0 Å². The zero-order chi connectivity index (χ0) is 14.0.